The summed E-state index contributed by atoms with van der Waals surface area (Å²) < 4.78 is 1.56. The van der Waals surface area contributed by atoms with Crippen molar-refractivity contribution in [3.63, 3.8) is 0 Å². The smallest absolute Gasteiger partial charge is 0.268 e. The van der Waals surface area contributed by atoms with Gasteiger partial charge in [0.25, 0.3) is 5.56 Å². The predicted octanol–water partition coefficient (Wildman–Crippen LogP) is 0.309. The molecule has 0 atom stereocenters. The number of rotatable bonds is 5. The highest BCUT2D eigenvalue weighted by Crippen LogP contribution is 2.09. The van der Waals surface area contributed by atoms with Crippen molar-refractivity contribution < 1.29 is 0 Å². The van der Waals surface area contributed by atoms with Crippen LogP contribution in [0.3, 0.4) is 0 Å². The number of nitrogens with zero attached hydrogens (tertiary/aromatic N) is 3. The van der Waals surface area contributed by atoms with E-state index in [0.29, 0.717) is 5.92 Å². The first-order valence-electron chi connectivity index (χ1n) is 6.19. The molecule has 5 heteroatoms. The summed E-state index contributed by atoms with van der Waals surface area (Å²) >= 11 is 0. The second kappa shape index (κ2) is 5.31. The molecule has 2 rings (SSSR count). The highest BCUT2D eigenvalue weighted by atomic mass is 16.1. The lowest BCUT2D eigenvalue weighted by atomic mass is 10.00. The van der Waals surface area contributed by atoms with Crippen LogP contribution in [0.1, 0.15) is 13.3 Å². The van der Waals surface area contributed by atoms with Gasteiger partial charge in [0.15, 0.2) is 0 Å². The molecule has 0 radical (unpaired) electrons. The van der Waals surface area contributed by atoms with Crippen LogP contribution in [-0.2, 0) is 6.54 Å². The molecule has 0 saturated carbocycles. The second-order valence-corrected chi connectivity index (χ2v) is 4.60. The minimum absolute atomic E-state index is 0.00455. The maximum absolute atomic E-state index is 11.8. The lowest BCUT2D eigenvalue weighted by Gasteiger charge is -2.26. The number of hydrogen-bond donors (Lipinski definition) is 1. The zero-order valence-corrected chi connectivity index (χ0v) is 10.5. The third-order valence-corrected chi connectivity index (χ3v) is 3.39. The van der Waals surface area contributed by atoms with Crippen molar-refractivity contribution in [1.29, 1.82) is 0 Å². The monoisotopic (exact) mass is 236 g/mol. The Morgan fingerprint density at radius 1 is 1.59 bits per heavy atom. The van der Waals surface area contributed by atoms with E-state index >= 15 is 0 Å². The molecule has 0 spiro atoms. The van der Waals surface area contributed by atoms with E-state index in [0.717, 1.165) is 38.3 Å². The van der Waals surface area contributed by atoms with Crippen molar-refractivity contribution in [2.45, 2.75) is 19.9 Å². The van der Waals surface area contributed by atoms with Gasteiger partial charge in [0, 0.05) is 26.2 Å². The molecule has 0 amide bonds. The third kappa shape index (κ3) is 2.85. The Bertz CT molecular complexity index is 425. The molecule has 1 fully saturated rings. The van der Waals surface area contributed by atoms with Crippen LogP contribution in [0, 0.1) is 5.92 Å². The molecule has 94 valence electrons. The molecule has 0 unspecified atom stereocenters. The maximum atomic E-state index is 11.8. The maximum Gasteiger partial charge on any atom is 0.268 e. The summed E-state index contributed by atoms with van der Waals surface area (Å²) in [5.41, 5.74) is 0.883. The highest BCUT2D eigenvalue weighted by molar-refractivity contribution is 5.41. The van der Waals surface area contributed by atoms with Gasteiger partial charge in [-0.1, -0.05) is 0 Å². The van der Waals surface area contributed by atoms with Crippen molar-refractivity contribution in [2.24, 2.45) is 5.92 Å². The molecule has 1 N–H and O–H groups in total. The van der Waals surface area contributed by atoms with E-state index in [2.05, 4.69) is 17.3 Å². The summed E-state index contributed by atoms with van der Waals surface area (Å²) in [5, 5.41) is 7.45. The molecular weight excluding hydrogens is 216 g/mol. The SMILES string of the molecule is CCN(C)c1cnn(CCC2CNC2)c(=O)c1. The first-order valence-corrected chi connectivity index (χ1v) is 6.19. The van der Waals surface area contributed by atoms with Crippen LogP contribution < -0.4 is 15.8 Å². The molecule has 5 nitrogen and oxygen atoms in total. The fourth-order valence-corrected chi connectivity index (χ4v) is 1.84. The van der Waals surface area contributed by atoms with E-state index < -0.39 is 0 Å². The summed E-state index contributed by atoms with van der Waals surface area (Å²) in [5.74, 6) is 0.710. The Balaban J connectivity index is 2.00. The normalized spacial score (nSPS) is 15.6. The minimum Gasteiger partial charge on any atom is -0.373 e. The van der Waals surface area contributed by atoms with Gasteiger partial charge in [-0.05, 0) is 32.4 Å². The largest absolute Gasteiger partial charge is 0.373 e. The summed E-state index contributed by atoms with van der Waals surface area (Å²) in [4.78, 5) is 13.8. The van der Waals surface area contributed by atoms with Crippen molar-refractivity contribution in [2.75, 3.05) is 31.6 Å². The Hall–Kier alpha value is -1.36. The fraction of sp³-hybridized carbons (Fsp3) is 0.667. The molecule has 0 aliphatic carbocycles. The van der Waals surface area contributed by atoms with Crippen molar-refractivity contribution >= 4 is 5.69 Å². The molecule has 0 bridgehead atoms. The summed E-state index contributed by atoms with van der Waals surface area (Å²) in [6.45, 7) is 5.80. The zero-order valence-electron chi connectivity index (χ0n) is 10.5. The van der Waals surface area contributed by atoms with Crippen molar-refractivity contribution in [1.82, 2.24) is 15.1 Å². The van der Waals surface area contributed by atoms with E-state index in [1.165, 1.54) is 0 Å². The van der Waals surface area contributed by atoms with Gasteiger partial charge in [-0.3, -0.25) is 4.79 Å². The van der Waals surface area contributed by atoms with Crippen molar-refractivity contribution in [3.05, 3.63) is 22.6 Å². The quantitative estimate of drug-likeness (QED) is 0.799. The number of aryl methyl sites for hydroxylation is 1. The summed E-state index contributed by atoms with van der Waals surface area (Å²) in [7, 11) is 1.96. The molecule has 1 aromatic heterocycles. The number of aromatic nitrogens is 2. The first kappa shape index (κ1) is 12.1. The molecular formula is C12H20N4O. The molecule has 2 heterocycles. The van der Waals surface area contributed by atoms with E-state index in [1.807, 2.05) is 11.9 Å². The zero-order chi connectivity index (χ0) is 12.3. The van der Waals surface area contributed by atoms with Crippen LogP contribution >= 0.6 is 0 Å². The number of hydrogen-bond acceptors (Lipinski definition) is 4. The first-order chi connectivity index (χ1) is 8.20. The molecule has 1 aliphatic heterocycles. The Kier molecular flexibility index (Phi) is 3.78. The van der Waals surface area contributed by atoms with Crippen molar-refractivity contribution in [3.8, 4) is 0 Å². The fourth-order valence-electron chi connectivity index (χ4n) is 1.84. The van der Waals surface area contributed by atoms with Crippen LogP contribution in [0.5, 0.6) is 0 Å². The van der Waals surface area contributed by atoms with Crippen LogP contribution in [0.15, 0.2) is 17.1 Å². The molecule has 1 aliphatic rings. The van der Waals surface area contributed by atoms with Gasteiger partial charge in [-0.15, -0.1) is 0 Å². The van der Waals surface area contributed by atoms with Gasteiger partial charge >= 0.3 is 0 Å². The molecule has 1 aromatic rings. The summed E-state index contributed by atoms with van der Waals surface area (Å²) in [6, 6.07) is 1.66. The third-order valence-electron chi connectivity index (χ3n) is 3.39. The van der Waals surface area contributed by atoms with Gasteiger partial charge in [0.05, 0.1) is 11.9 Å². The minimum atomic E-state index is -0.00455. The van der Waals surface area contributed by atoms with Gasteiger partial charge in [0.1, 0.15) is 0 Å². The van der Waals surface area contributed by atoms with Crippen LogP contribution in [0.2, 0.25) is 0 Å². The van der Waals surface area contributed by atoms with E-state index in [1.54, 1.807) is 16.9 Å². The topological polar surface area (TPSA) is 50.2 Å². The lowest BCUT2D eigenvalue weighted by molar-refractivity contribution is 0.304. The van der Waals surface area contributed by atoms with Gasteiger partial charge in [-0.25, -0.2) is 4.68 Å². The van der Waals surface area contributed by atoms with E-state index in [-0.39, 0.29) is 5.56 Å². The van der Waals surface area contributed by atoms with Gasteiger partial charge < -0.3 is 10.2 Å². The standard InChI is InChI=1S/C12H20N4O/c1-3-15(2)11-6-12(17)16(14-9-11)5-4-10-7-13-8-10/h6,9-10,13H,3-5,7-8H2,1-2H3. The average molecular weight is 236 g/mol. The summed E-state index contributed by atoms with van der Waals surface area (Å²) in [6.07, 6.45) is 2.80. The van der Waals surface area contributed by atoms with Gasteiger partial charge in [-0.2, -0.15) is 5.10 Å². The Morgan fingerprint density at radius 3 is 2.88 bits per heavy atom. The molecule has 1 saturated heterocycles. The van der Waals surface area contributed by atoms with E-state index in [9.17, 15) is 4.79 Å². The second-order valence-electron chi connectivity index (χ2n) is 4.60. The lowest BCUT2D eigenvalue weighted by Crippen LogP contribution is -2.42. The van der Waals surface area contributed by atoms with E-state index in [4.69, 9.17) is 0 Å². The molecule has 0 aromatic carbocycles. The van der Waals surface area contributed by atoms with Crippen LogP contribution in [0.4, 0.5) is 5.69 Å². The average Bonchev–Trinajstić information content (AvgIpc) is 2.28. The van der Waals surface area contributed by atoms with Crippen LogP contribution in [0.25, 0.3) is 0 Å². The Morgan fingerprint density at radius 2 is 2.35 bits per heavy atom. The molecule has 17 heavy (non-hydrogen) atoms. The highest BCUT2D eigenvalue weighted by Gasteiger charge is 2.16. The van der Waals surface area contributed by atoms with Gasteiger partial charge in [0.2, 0.25) is 0 Å². The predicted molar refractivity (Wildman–Crippen MR) is 68.4 cm³/mol. The number of anilines is 1. The Labute approximate surface area is 101 Å². The van der Waals surface area contributed by atoms with Crippen LogP contribution in [-0.4, -0.2) is 36.5 Å². The number of nitrogens with one attached hydrogen (secondary N) is 1.